The Balaban J connectivity index is 2.80. The fourth-order valence-corrected chi connectivity index (χ4v) is 1.99. The molecule has 0 amide bonds. The van der Waals surface area contributed by atoms with Gasteiger partial charge in [-0.15, -0.1) is 0 Å². The first-order chi connectivity index (χ1) is 7.41. The van der Waals surface area contributed by atoms with Crippen molar-refractivity contribution in [3.63, 3.8) is 0 Å². The van der Waals surface area contributed by atoms with Crippen molar-refractivity contribution in [2.75, 3.05) is 0 Å². The van der Waals surface area contributed by atoms with Crippen molar-refractivity contribution in [1.29, 1.82) is 0 Å². The maximum absolute atomic E-state index is 9.79. The van der Waals surface area contributed by atoms with Crippen LogP contribution in [0.25, 0.3) is 0 Å². The molecule has 0 aliphatic rings. The summed E-state index contributed by atoms with van der Waals surface area (Å²) in [5.41, 5.74) is 9.55. The van der Waals surface area contributed by atoms with E-state index in [-0.39, 0.29) is 6.04 Å². The van der Waals surface area contributed by atoms with Gasteiger partial charge in [-0.2, -0.15) is 0 Å². The van der Waals surface area contributed by atoms with Gasteiger partial charge in [0.1, 0.15) is 0 Å². The van der Waals surface area contributed by atoms with Gasteiger partial charge in [0.25, 0.3) is 0 Å². The number of rotatable bonds is 4. The van der Waals surface area contributed by atoms with Crippen molar-refractivity contribution in [3.05, 3.63) is 34.9 Å². The highest BCUT2D eigenvalue weighted by Crippen LogP contribution is 2.25. The van der Waals surface area contributed by atoms with Crippen LogP contribution in [-0.4, -0.2) is 17.3 Å². The molecule has 90 valence electrons. The second-order valence-electron chi connectivity index (χ2n) is 4.92. The zero-order valence-corrected chi connectivity index (χ0v) is 10.7. The van der Waals surface area contributed by atoms with Gasteiger partial charge < -0.3 is 10.8 Å². The minimum atomic E-state index is -0.421. The van der Waals surface area contributed by atoms with Gasteiger partial charge in [-0.3, -0.25) is 0 Å². The number of aryl methyl sites for hydroxylation is 2. The summed E-state index contributed by atoms with van der Waals surface area (Å²) in [4.78, 5) is 0. The van der Waals surface area contributed by atoms with E-state index in [1.807, 2.05) is 6.92 Å². The first kappa shape index (κ1) is 13.2. The average molecular weight is 221 g/mol. The molecule has 0 bridgehead atoms. The van der Waals surface area contributed by atoms with E-state index in [0.29, 0.717) is 5.92 Å². The van der Waals surface area contributed by atoms with E-state index < -0.39 is 6.10 Å². The van der Waals surface area contributed by atoms with Gasteiger partial charge >= 0.3 is 0 Å². The molecule has 0 spiro atoms. The molecule has 1 aromatic rings. The molecule has 3 atom stereocenters. The van der Waals surface area contributed by atoms with Crippen LogP contribution >= 0.6 is 0 Å². The maximum atomic E-state index is 9.79. The zero-order valence-electron chi connectivity index (χ0n) is 10.7. The Morgan fingerprint density at radius 3 is 2.44 bits per heavy atom. The molecule has 0 heterocycles. The van der Waals surface area contributed by atoms with Crippen LogP contribution in [0.3, 0.4) is 0 Å². The SMILES string of the molecule is Cc1ccc(C)c(C(C)CC(O)C(C)N)c1. The average Bonchev–Trinajstić information content (AvgIpc) is 2.21. The largest absolute Gasteiger partial charge is 0.392 e. The molecule has 0 saturated carbocycles. The minimum absolute atomic E-state index is 0.160. The normalized spacial score (nSPS) is 16.9. The number of aliphatic hydroxyl groups excluding tert-OH is 1. The second-order valence-corrected chi connectivity index (χ2v) is 4.92. The van der Waals surface area contributed by atoms with E-state index in [0.717, 1.165) is 6.42 Å². The van der Waals surface area contributed by atoms with Crippen molar-refractivity contribution in [2.45, 2.75) is 52.2 Å². The Morgan fingerprint density at radius 2 is 1.88 bits per heavy atom. The molecule has 1 rings (SSSR count). The molecule has 0 aliphatic heterocycles. The van der Waals surface area contributed by atoms with Crippen LogP contribution in [-0.2, 0) is 0 Å². The third kappa shape index (κ3) is 3.32. The number of hydrogen-bond donors (Lipinski definition) is 2. The van der Waals surface area contributed by atoms with Crippen LogP contribution in [0.15, 0.2) is 18.2 Å². The summed E-state index contributed by atoms with van der Waals surface area (Å²) in [7, 11) is 0. The summed E-state index contributed by atoms with van der Waals surface area (Å²) >= 11 is 0. The number of aliphatic hydroxyl groups is 1. The van der Waals surface area contributed by atoms with Crippen LogP contribution in [0, 0.1) is 13.8 Å². The van der Waals surface area contributed by atoms with Crippen LogP contribution in [0.5, 0.6) is 0 Å². The van der Waals surface area contributed by atoms with Crippen LogP contribution in [0.2, 0.25) is 0 Å². The predicted octanol–water partition coefficient (Wildman–Crippen LogP) is 2.51. The number of nitrogens with two attached hydrogens (primary N) is 1. The molecule has 16 heavy (non-hydrogen) atoms. The Morgan fingerprint density at radius 1 is 1.25 bits per heavy atom. The lowest BCUT2D eigenvalue weighted by atomic mass is 9.89. The first-order valence-electron chi connectivity index (χ1n) is 5.92. The Kier molecular flexibility index (Phi) is 4.51. The number of benzene rings is 1. The molecule has 0 saturated heterocycles. The fraction of sp³-hybridized carbons (Fsp3) is 0.571. The molecule has 3 unspecified atom stereocenters. The van der Waals surface area contributed by atoms with E-state index >= 15 is 0 Å². The molecule has 0 radical (unpaired) electrons. The van der Waals surface area contributed by atoms with E-state index in [4.69, 9.17) is 5.73 Å². The Bertz CT molecular complexity index is 347. The molecule has 0 aliphatic carbocycles. The van der Waals surface area contributed by atoms with Crippen molar-refractivity contribution in [3.8, 4) is 0 Å². The summed E-state index contributed by atoms with van der Waals surface area (Å²) in [6.45, 7) is 8.20. The van der Waals surface area contributed by atoms with Crippen LogP contribution in [0.4, 0.5) is 0 Å². The maximum Gasteiger partial charge on any atom is 0.0694 e. The molecule has 0 fully saturated rings. The predicted molar refractivity (Wildman–Crippen MR) is 68.6 cm³/mol. The van der Waals surface area contributed by atoms with E-state index in [1.54, 1.807) is 0 Å². The van der Waals surface area contributed by atoms with Gasteiger partial charge in [-0.05, 0) is 44.2 Å². The lowest BCUT2D eigenvalue weighted by Gasteiger charge is -2.21. The fourth-order valence-electron chi connectivity index (χ4n) is 1.99. The first-order valence-corrected chi connectivity index (χ1v) is 5.92. The summed E-state index contributed by atoms with van der Waals surface area (Å²) < 4.78 is 0. The molecule has 3 N–H and O–H groups in total. The summed E-state index contributed by atoms with van der Waals surface area (Å²) in [6, 6.07) is 6.30. The third-order valence-electron chi connectivity index (χ3n) is 3.17. The van der Waals surface area contributed by atoms with Crippen molar-refractivity contribution >= 4 is 0 Å². The Labute approximate surface area is 98.5 Å². The van der Waals surface area contributed by atoms with Crippen LogP contribution < -0.4 is 5.73 Å². The highest BCUT2D eigenvalue weighted by Gasteiger charge is 2.16. The lowest BCUT2D eigenvalue weighted by Crippen LogP contribution is -2.32. The van der Waals surface area contributed by atoms with Gasteiger partial charge in [0.15, 0.2) is 0 Å². The standard InChI is InChI=1S/C14H23NO/c1-9-5-6-10(2)13(7-9)11(3)8-14(16)12(4)15/h5-7,11-12,14,16H,8,15H2,1-4H3. The zero-order chi connectivity index (χ0) is 12.3. The van der Waals surface area contributed by atoms with E-state index in [2.05, 4.69) is 39.0 Å². The highest BCUT2D eigenvalue weighted by atomic mass is 16.3. The smallest absolute Gasteiger partial charge is 0.0694 e. The summed E-state index contributed by atoms with van der Waals surface area (Å²) in [6.07, 6.45) is 0.303. The summed E-state index contributed by atoms with van der Waals surface area (Å²) in [5.74, 6) is 0.348. The van der Waals surface area contributed by atoms with E-state index in [9.17, 15) is 5.11 Å². The highest BCUT2D eigenvalue weighted by molar-refractivity contribution is 5.33. The molecule has 0 aromatic heterocycles. The van der Waals surface area contributed by atoms with Crippen LogP contribution in [0.1, 0.15) is 42.9 Å². The molecular weight excluding hydrogens is 198 g/mol. The lowest BCUT2D eigenvalue weighted by molar-refractivity contribution is 0.134. The number of hydrogen-bond acceptors (Lipinski definition) is 2. The van der Waals surface area contributed by atoms with E-state index in [1.165, 1.54) is 16.7 Å². The van der Waals surface area contributed by atoms with Gasteiger partial charge in [0.05, 0.1) is 6.10 Å². The summed E-state index contributed by atoms with van der Waals surface area (Å²) in [5, 5.41) is 9.79. The van der Waals surface area contributed by atoms with Crippen molar-refractivity contribution < 1.29 is 5.11 Å². The van der Waals surface area contributed by atoms with Gasteiger partial charge in [0.2, 0.25) is 0 Å². The monoisotopic (exact) mass is 221 g/mol. The van der Waals surface area contributed by atoms with Gasteiger partial charge in [0, 0.05) is 6.04 Å². The quantitative estimate of drug-likeness (QED) is 0.820. The molecular formula is C14H23NO. The Hall–Kier alpha value is -0.860. The molecule has 2 heteroatoms. The van der Waals surface area contributed by atoms with Gasteiger partial charge in [-0.25, -0.2) is 0 Å². The second kappa shape index (κ2) is 5.46. The topological polar surface area (TPSA) is 46.2 Å². The van der Waals surface area contributed by atoms with Crippen molar-refractivity contribution in [1.82, 2.24) is 0 Å². The third-order valence-corrected chi connectivity index (χ3v) is 3.17. The van der Waals surface area contributed by atoms with Gasteiger partial charge in [-0.1, -0.05) is 30.7 Å². The minimum Gasteiger partial charge on any atom is -0.392 e. The molecule has 2 nitrogen and oxygen atoms in total. The van der Waals surface area contributed by atoms with Crippen molar-refractivity contribution in [2.24, 2.45) is 5.73 Å². The molecule has 1 aromatic carbocycles.